The summed E-state index contributed by atoms with van der Waals surface area (Å²) in [5.41, 5.74) is 0. The molecule has 0 amide bonds. The van der Waals surface area contributed by atoms with Crippen molar-refractivity contribution in [3.63, 3.8) is 0 Å². The Bertz CT molecular complexity index is 315. The second-order valence-corrected chi connectivity index (χ2v) is 3.26. The summed E-state index contributed by atoms with van der Waals surface area (Å²) >= 11 is 0. The van der Waals surface area contributed by atoms with Gasteiger partial charge in [0.1, 0.15) is 12.4 Å². The summed E-state index contributed by atoms with van der Waals surface area (Å²) < 4.78 is 28.6. The molecule has 0 heterocycles. The maximum Gasteiger partial charge on any atom is 0.168 e. The van der Waals surface area contributed by atoms with Gasteiger partial charge in [0.05, 0.1) is 13.7 Å². The molecule has 0 atom stereocenters. The van der Waals surface area contributed by atoms with Crippen LogP contribution in [0.15, 0.2) is 18.2 Å². The second-order valence-electron chi connectivity index (χ2n) is 3.26. The van der Waals surface area contributed by atoms with E-state index < -0.39 is 5.82 Å². The Labute approximate surface area is 95.1 Å². The van der Waals surface area contributed by atoms with Crippen LogP contribution in [0.25, 0.3) is 0 Å². The van der Waals surface area contributed by atoms with Crippen LogP contribution in [0.4, 0.5) is 4.39 Å². The average Bonchev–Trinajstić information content (AvgIpc) is 2.29. The third-order valence-corrected chi connectivity index (χ3v) is 1.97. The number of methoxy groups -OCH3 is 1. The summed E-state index contributed by atoms with van der Waals surface area (Å²) in [6, 6.07) is 4.51. The van der Waals surface area contributed by atoms with E-state index in [1.165, 1.54) is 19.2 Å². The Kier molecular flexibility index (Phi) is 5.64. The van der Waals surface area contributed by atoms with Gasteiger partial charge in [-0.2, -0.15) is 0 Å². The molecule has 1 aromatic carbocycles. The minimum absolute atomic E-state index is 0.217. The van der Waals surface area contributed by atoms with Gasteiger partial charge < -0.3 is 14.2 Å². The van der Waals surface area contributed by atoms with Crippen molar-refractivity contribution in [2.24, 2.45) is 0 Å². The first-order chi connectivity index (χ1) is 7.77. The first kappa shape index (κ1) is 12.8. The molecule has 4 heteroatoms. The molecular formula is C12H17FO3. The summed E-state index contributed by atoms with van der Waals surface area (Å²) in [7, 11) is 1.43. The molecule has 0 unspecified atom stereocenters. The zero-order valence-electron chi connectivity index (χ0n) is 9.66. The Morgan fingerprint density at radius 3 is 2.62 bits per heavy atom. The number of hydrogen-bond donors (Lipinski definition) is 0. The van der Waals surface area contributed by atoms with Crippen LogP contribution in [0, 0.1) is 5.82 Å². The minimum atomic E-state index is -0.422. The first-order valence-corrected chi connectivity index (χ1v) is 5.32. The molecule has 0 N–H and O–H groups in total. The van der Waals surface area contributed by atoms with Crippen molar-refractivity contribution < 1.29 is 18.6 Å². The van der Waals surface area contributed by atoms with E-state index in [4.69, 9.17) is 14.2 Å². The van der Waals surface area contributed by atoms with Gasteiger partial charge in [-0.15, -0.1) is 0 Å². The van der Waals surface area contributed by atoms with Crippen LogP contribution in [0.2, 0.25) is 0 Å². The van der Waals surface area contributed by atoms with Crippen LogP contribution in [-0.2, 0) is 4.74 Å². The molecule has 1 aromatic rings. The van der Waals surface area contributed by atoms with Gasteiger partial charge in [0.25, 0.3) is 0 Å². The molecule has 3 nitrogen and oxygen atoms in total. The van der Waals surface area contributed by atoms with Crippen LogP contribution in [0.1, 0.15) is 13.3 Å². The fourth-order valence-electron chi connectivity index (χ4n) is 1.20. The number of rotatable bonds is 7. The molecule has 0 spiro atoms. The number of hydrogen-bond acceptors (Lipinski definition) is 3. The van der Waals surface area contributed by atoms with E-state index in [-0.39, 0.29) is 5.75 Å². The summed E-state index contributed by atoms with van der Waals surface area (Å²) in [4.78, 5) is 0. The molecule has 0 bridgehead atoms. The lowest BCUT2D eigenvalue weighted by atomic mass is 10.3. The molecule has 0 fully saturated rings. The third-order valence-electron chi connectivity index (χ3n) is 1.97. The molecule has 0 aliphatic rings. The van der Waals surface area contributed by atoms with E-state index >= 15 is 0 Å². The molecule has 0 aliphatic heterocycles. The van der Waals surface area contributed by atoms with Crippen LogP contribution in [0.5, 0.6) is 11.5 Å². The van der Waals surface area contributed by atoms with E-state index in [2.05, 4.69) is 0 Å². The number of ether oxygens (including phenoxy) is 3. The quantitative estimate of drug-likeness (QED) is 0.671. The summed E-state index contributed by atoms with van der Waals surface area (Å²) in [5, 5.41) is 0. The Balaban J connectivity index is 2.34. The van der Waals surface area contributed by atoms with E-state index in [9.17, 15) is 4.39 Å². The molecule has 0 saturated heterocycles. The van der Waals surface area contributed by atoms with Gasteiger partial charge in [-0.05, 0) is 18.6 Å². The lowest BCUT2D eigenvalue weighted by Gasteiger charge is -2.08. The third kappa shape index (κ3) is 4.06. The highest BCUT2D eigenvalue weighted by Gasteiger charge is 2.03. The molecular weight excluding hydrogens is 211 g/mol. The standard InChI is InChI=1S/C12H17FO3/c1-3-6-15-7-8-16-10-4-5-12(14-2)11(13)9-10/h4-5,9H,3,6-8H2,1-2H3. The van der Waals surface area contributed by atoms with Crippen molar-refractivity contribution in [3.8, 4) is 11.5 Å². The van der Waals surface area contributed by atoms with Gasteiger partial charge in [-0.25, -0.2) is 4.39 Å². The lowest BCUT2D eigenvalue weighted by molar-refractivity contribution is 0.100. The lowest BCUT2D eigenvalue weighted by Crippen LogP contribution is -2.07. The highest BCUT2D eigenvalue weighted by atomic mass is 19.1. The van der Waals surface area contributed by atoms with Crippen LogP contribution in [0.3, 0.4) is 0 Å². The van der Waals surface area contributed by atoms with E-state index in [1.807, 2.05) is 6.92 Å². The molecule has 0 saturated carbocycles. The molecule has 0 aliphatic carbocycles. The highest BCUT2D eigenvalue weighted by Crippen LogP contribution is 2.21. The average molecular weight is 228 g/mol. The topological polar surface area (TPSA) is 27.7 Å². The zero-order valence-corrected chi connectivity index (χ0v) is 9.66. The van der Waals surface area contributed by atoms with Crippen molar-refractivity contribution in [1.29, 1.82) is 0 Å². The summed E-state index contributed by atoms with van der Waals surface area (Å²) in [6.07, 6.45) is 0.983. The monoisotopic (exact) mass is 228 g/mol. The van der Waals surface area contributed by atoms with Crippen molar-refractivity contribution in [3.05, 3.63) is 24.0 Å². The molecule has 16 heavy (non-hydrogen) atoms. The zero-order chi connectivity index (χ0) is 11.8. The fraction of sp³-hybridized carbons (Fsp3) is 0.500. The molecule has 0 radical (unpaired) electrons. The summed E-state index contributed by atoms with van der Waals surface area (Å²) in [5.74, 6) is 0.280. The molecule has 1 rings (SSSR count). The minimum Gasteiger partial charge on any atom is -0.494 e. The van der Waals surface area contributed by atoms with Crippen molar-refractivity contribution >= 4 is 0 Å². The Hall–Kier alpha value is -1.29. The van der Waals surface area contributed by atoms with Crippen LogP contribution < -0.4 is 9.47 Å². The molecule has 0 aromatic heterocycles. The van der Waals surface area contributed by atoms with Crippen LogP contribution >= 0.6 is 0 Å². The van der Waals surface area contributed by atoms with Crippen molar-refractivity contribution in [2.75, 3.05) is 26.9 Å². The van der Waals surface area contributed by atoms with Gasteiger partial charge in [0.2, 0.25) is 0 Å². The van der Waals surface area contributed by atoms with Gasteiger partial charge in [0, 0.05) is 12.7 Å². The Morgan fingerprint density at radius 1 is 1.19 bits per heavy atom. The normalized spacial score (nSPS) is 10.2. The predicted molar refractivity (Wildman–Crippen MR) is 59.6 cm³/mol. The van der Waals surface area contributed by atoms with Gasteiger partial charge in [0.15, 0.2) is 11.6 Å². The van der Waals surface area contributed by atoms with Crippen molar-refractivity contribution in [2.45, 2.75) is 13.3 Å². The van der Waals surface area contributed by atoms with Gasteiger partial charge in [-0.1, -0.05) is 6.92 Å². The fourth-order valence-corrected chi connectivity index (χ4v) is 1.20. The Morgan fingerprint density at radius 2 is 2.00 bits per heavy atom. The highest BCUT2D eigenvalue weighted by molar-refractivity contribution is 5.32. The summed E-state index contributed by atoms with van der Waals surface area (Å²) in [6.45, 7) is 3.70. The smallest absolute Gasteiger partial charge is 0.168 e. The molecule has 90 valence electrons. The van der Waals surface area contributed by atoms with Gasteiger partial charge in [-0.3, -0.25) is 0 Å². The van der Waals surface area contributed by atoms with Crippen LogP contribution in [-0.4, -0.2) is 26.9 Å². The van der Waals surface area contributed by atoms with Crippen molar-refractivity contribution in [1.82, 2.24) is 0 Å². The second kappa shape index (κ2) is 7.06. The van der Waals surface area contributed by atoms with E-state index in [0.29, 0.717) is 19.0 Å². The van der Waals surface area contributed by atoms with Gasteiger partial charge >= 0.3 is 0 Å². The maximum atomic E-state index is 13.2. The first-order valence-electron chi connectivity index (χ1n) is 5.32. The predicted octanol–water partition coefficient (Wildman–Crippen LogP) is 2.64. The SMILES string of the molecule is CCCOCCOc1ccc(OC)c(F)c1. The number of halogens is 1. The number of benzene rings is 1. The maximum absolute atomic E-state index is 13.2. The van der Waals surface area contributed by atoms with E-state index in [0.717, 1.165) is 13.0 Å². The largest absolute Gasteiger partial charge is 0.494 e. The van der Waals surface area contributed by atoms with E-state index in [1.54, 1.807) is 6.07 Å².